The fourth-order valence-electron chi connectivity index (χ4n) is 4.20. The van der Waals surface area contributed by atoms with Gasteiger partial charge in [0.05, 0.1) is 22.0 Å². The lowest BCUT2D eigenvalue weighted by molar-refractivity contribution is -0.384. The number of non-ortho nitro benzene ring substituents is 1. The number of rotatable bonds is 7. The number of benzene rings is 4. The van der Waals surface area contributed by atoms with Gasteiger partial charge in [0, 0.05) is 29.8 Å². The van der Waals surface area contributed by atoms with Crippen LogP contribution in [0.25, 0.3) is 6.08 Å². The number of amidine groups is 1. The minimum Gasteiger partial charge on any atom is -0.363 e. The van der Waals surface area contributed by atoms with Crippen LogP contribution in [0.2, 0.25) is 0 Å². The van der Waals surface area contributed by atoms with Crippen molar-refractivity contribution in [2.24, 2.45) is 10.1 Å². The number of nitro benzene ring substituents is 1. The first-order valence-corrected chi connectivity index (χ1v) is 13.1. The van der Waals surface area contributed by atoms with Crippen molar-refractivity contribution in [1.29, 1.82) is 0 Å². The number of hydrogen-bond acceptors (Lipinski definition) is 5. The summed E-state index contributed by atoms with van der Waals surface area (Å²) in [6.45, 7) is 2.68. The monoisotopic (exact) mass is 546 g/mol. The maximum atomic E-state index is 11.2. The topological polar surface area (TPSA) is 95.2 Å². The van der Waals surface area contributed by atoms with Crippen LogP contribution in [0, 0.1) is 10.1 Å². The number of nitrogens with one attached hydrogen (secondary N) is 2. The Bertz CT molecular complexity index is 1620. The van der Waals surface area contributed by atoms with Gasteiger partial charge < -0.3 is 10.6 Å². The van der Waals surface area contributed by atoms with Gasteiger partial charge in [0.1, 0.15) is 5.71 Å². The Morgan fingerprint density at radius 2 is 1.60 bits per heavy atom. The van der Waals surface area contributed by atoms with E-state index in [0.29, 0.717) is 23.2 Å². The lowest BCUT2D eigenvalue weighted by Crippen LogP contribution is -2.28. The Kier molecular flexibility index (Phi) is 8.03. The molecule has 8 nitrogen and oxygen atoms in total. The number of thiocarbonyl (C=S) groups is 1. The number of aliphatic imine (C=N–C) groups is 1. The molecule has 4 aromatic carbocycles. The van der Waals surface area contributed by atoms with Gasteiger partial charge in [0.2, 0.25) is 0 Å². The quantitative estimate of drug-likeness (QED) is 0.148. The third-order valence-corrected chi connectivity index (χ3v) is 6.32. The molecule has 1 aliphatic heterocycles. The molecule has 198 valence electrons. The van der Waals surface area contributed by atoms with Crippen molar-refractivity contribution >= 4 is 57.7 Å². The summed E-state index contributed by atoms with van der Waals surface area (Å²) in [7, 11) is 0. The Labute approximate surface area is 237 Å². The van der Waals surface area contributed by atoms with Crippen LogP contribution in [-0.2, 0) is 0 Å². The van der Waals surface area contributed by atoms with E-state index in [1.54, 1.807) is 12.1 Å². The number of nitrogens with zero attached hydrogens (tertiary/aromatic N) is 4. The summed E-state index contributed by atoms with van der Waals surface area (Å²) in [5.41, 5.74) is 5.50. The van der Waals surface area contributed by atoms with Gasteiger partial charge in [-0.2, -0.15) is 5.10 Å². The molecule has 0 spiro atoms. The first kappa shape index (κ1) is 26.5. The summed E-state index contributed by atoms with van der Waals surface area (Å²) in [4.78, 5) is 15.9. The summed E-state index contributed by atoms with van der Waals surface area (Å²) in [5.74, 6) is 0.604. The van der Waals surface area contributed by atoms with Gasteiger partial charge in [-0.05, 0) is 67.2 Å². The predicted octanol–water partition coefficient (Wildman–Crippen LogP) is 6.94. The van der Waals surface area contributed by atoms with Crippen LogP contribution in [0.5, 0.6) is 0 Å². The summed E-state index contributed by atoms with van der Waals surface area (Å²) in [5, 5.41) is 24.9. The third kappa shape index (κ3) is 5.95. The Morgan fingerprint density at radius 1 is 0.950 bits per heavy atom. The number of anilines is 2. The van der Waals surface area contributed by atoms with Crippen LogP contribution in [0.15, 0.2) is 125 Å². The largest absolute Gasteiger partial charge is 0.363 e. The van der Waals surface area contributed by atoms with E-state index < -0.39 is 4.92 Å². The van der Waals surface area contributed by atoms with Gasteiger partial charge >= 0.3 is 0 Å². The van der Waals surface area contributed by atoms with E-state index in [1.807, 2.05) is 103 Å². The molecule has 0 aliphatic carbocycles. The van der Waals surface area contributed by atoms with Crippen molar-refractivity contribution in [3.63, 3.8) is 0 Å². The predicted molar refractivity (Wildman–Crippen MR) is 166 cm³/mol. The second-order valence-electron chi connectivity index (χ2n) is 8.81. The van der Waals surface area contributed by atoms with E-state index >= 15 is 0 Å². The number of para-hydroxylation sites is 3. The smallest absolute Gasteiger partial charge is 0.269 e. The van der Waals surface area contributed by atoms with E-state index in [9.17, 15) is 10.1 Å². The number of nitro groups is 1. The molecule has 1 aliphatic rings. The lowest BCUT2D eigenvalue weighted by atomic mass is 9.99. The van der Waals surface area contributed by atoms with E-state index in [4.69, 9.17) is 22.3 Å². The summed E-state index contributed by atoms with van der Waals surface area (Å²) in [6, 6.07) is 33.8. The van der Waals surface area contributed by atoms with Crippen LogP contribution in [0.1, 0.15) is 18.1 Å². The molecule has 40 heavy (non-hydrogen) atoms. The van der Waals surface area contributed by atoms with Gasteiger partial charge in [-0.3, -0.25) is 10.1 Å². The lowest BCUT2D eigenvalue weighted by Gasteiger charge is -2.17. The van der Waals surface area contributed by atoms with Crippen molar-refractivity contribution in [3.05, 3.63) is 136 Å². The fourth-order valence-corrected chi connectivity index (χ4v) is 4.45. The summed E-state index contributed by atoms with van der Waals surface area (Å²) < 4.78 is 0. The highest BCUT2D eigenvalue weighted by Gasteiger charge is 2.30. The highest BCUT2D eigenvalue weighted by molar-refractivity contribution is 7.80. The molecular weight excluding hydrogens is 520 g/mol. The number of hydrogen-bond donors (Lipinski definition) is 2. The van der Waals surface area contributed by atoms with Crippen molar-refractivity contribution in [3.8, 4) is 0 Å². The molecule has 0 atom stereocenters. The molecule has 1 heterocycles. The third-order valence-electron chi connectivity index (χ3n) is 6.08. The second kappa shape index (κ2) is 12.1. The normalized spacial score (nSPS) is 14.7. The molecular formula is C31H26N6O2S. The SMILES string of the molecule is CCNC(=S)Nc1ccccc1N=C1C(=Cc2ccc([N+](=O)[O-])cc2)C(c2ccccc2)=NN1c1ccccc1. The molecule has 5 rings (SSSR count). The molecule has 0 bridgehead atoms. The van der Waals surface area contributed by atoms with Crippen LogP contribution in [0.3, 0.4) is 0 Å². The average molecular weight is 547 g/mol. The second-order valence-corrected chi connectivity index (χ2v) is 9.21. The van der Waals surface area contributed by atoms with Gasteiger partial charge in [-0.1, -0.05) is 60.7 Å². The molecule has 0 amide bonds. The molecule has 0 saturated heterocycles. The van der Waals surface area contributed by atoms with Gasteiger partial charge in [0.15, 0.2) is 10.9 Å². The van der Waals surface area contributed by atoms with Crippen LogP contribution >= 0.6 is 12.2 Å². The minimum absolute atomic E-state index is 0.0296. The summed E-state index contributed by atoms with van der Waals surface area (Å²) in [6.07, 6.45) is 1.96. The molecule has 0 saturated carbocycles. The zero-order valence-corrected chi connectivity index (χ0v) is 22.5. The molecule has 4 aromatic rings. The fraction of sp³-hybridized carbons (Fsp3) is 0.0645. The zero-order valence-electron chi connectivity index (χ0n) is 21.7. The average Bonchev–Trinajstić information content (AvgIpc) is 3.33. The van der Waals surface area contributed by atoms with E-state index in [1.165, 1.54) is 12.1 Å². The van der Waals surface area contributed by atoms with Crippen LogP contribution in [0.4, 0.5) is 22.7 Å². The molecule has 2 N–H and O–H groups in total. The highest BCUT2D eigenvalue weighted by Crippen LogP contribution is 2.33. The van der Waals surface area contributed by atoms with Gasteiger partial charge in [-0.25, -0.2) is 10.0 Å². The van der Waals surface area contributed by atoms with Crippen LogP contribution in [-0.4, -0.2) is 28.1 Å². The summed E-state index contributed by atoms with van der Waals surface area (Å²) >= 11 is 5.44. The van der Waals surface area contributed by atoms with E-state index in [0.717, 1.165) is 33.8 Å². The van der Waals surface area contributed by atoms with Gasteiger partial charge in [-0.15, -0.1) is 0 Å². The van der Waals surface area contributed by atoms with Crippen molar-refractivity contribution in [2.45, 2.75) is 6.92 Å². The molecule has 0 fully saturated rings. The Balaban J connectivity index is 1.69. The van der Waals surface area contributed by atoms with Crippen molar-refractivity contribution in [2.75, 3.05) is 16.9 Å². The molecule has 9 heteroatoms. The highest BCUT2D eigenvalue weighted by atomic mass is 32.1. The molecule has 0 unspecified atom stereocenters. The molecule has 0 aromatic heterocycles. The maximum Gasteiger partial charge on any atom is 0.269 e. The van der Waals surface area contributed by atoms with Gasteiger partial charge in [0.25, 0.3) is 5.69 Å². The Hall–Kier alpha value is -5.15. The van der Waals surface area contributed by atoms with Crippen molar-refractivity contribution in [1.82, 2.24) is 5.32 Å². The minimum atomic E-state index is -0.408. The van der Waals surface area contributed by atoms with E-state index in [-0.39, 0.29) is 5.69 Å². The van der Waals surface area contributed by atoms with Crippen molar-refractivity contribution < 1.29 is 4.92 Å². The first-order chi connectivity index (χ1) is 19.5. The Morgan fingerprint density at radius 3 is 2.27 bits per heavy atom. The van der Waals surface area contributed by atoms with Crippen LogP contribution < -0.4 is 15.6 Å². The zero-order chi connectivity index (χ0) is 27.9. The van der Waals surface area contributed by atoms with E-state index in [2.05, 4.69) is 10.6 Å². The molecule has 0 radical (unpaired) electrons. The maximum absolute atomic E-state index is 11.2. The first-order valence-electron chi connectivity index (χ1n) is 12.7. The standard InChI is InChI=1S/C31H26N6O2S/c1-2-32-31(40)34-28-16-10-9-15-27(28)33-30-26(21-22-17-19-25(20-18-22)37(38)39)29(23-11-5-3-6-12-23)35-36(30)24-13-7-4-8-14-24/h3-21H,2H2,1H3,(H2,32,34,40). The number of hydrazone groups is 1.